The highest BCUT2D eigenvalue weighted by Crippen LogP contribution is 2.25. The number of carbonyl (C=O) groups excluding carboxylic acids is 1. The molecule has 6 nitrogen and oxygen atoms in total. The molecule has 0 bridgehead atoms. The second kappa shape index (κ2) is 7.26. The zero-order valence-electron chi connectivity index (χ0n) is 12.9. The second-order valence-corrected chi connectivity index (χ2v) is 5.83. The molecule has 0 spiro atoms. The first-order valence-corrected chi connectivity index (χ1v) is 7.89. The molecule has 2 N–H and O–H groups in total. The molecule has 1 amide bonds. The van der Waals surface area contributed by atoms with Crippen molar-refractivity contribution in [2.75, 3.05) is 6.61 Å². The Balaban J connectivity index is 1.47. The highest BCUT2D eigenvalue weighted by molar-refractivity contribution is 5.88. The van der Waals surface area contributed by atoms with Gasteiger partial charge >= 0.3 is 0 Å². The molecule has 121 valence electrons. The maximum Gasteiger partial charge on any atom is 0.290 e. The molecule has 23 heavy (non-hydrogen) atoms. The van der Waals surface area contributed by atoms with Gasteiger partial charge in [0.25, 0.3) is 11.7 Å². The molecular formula is C17H20N3O3. The van der Waals surface area contributed by atoms with Crippen molar-refractivity contribution >= 4 is 5.91 Å². The van der Waals surface area contributed by atoms with Gasteiger partial charge in [-0.1, -0.05) is 30.1 Å². The molecule has 1 aliphatic carbocycles. The molecule has 0 atom stereocenters. The van der Waals surface area contributed by atoms with Crippen LogP contribution in [0.3, 0.4) is 0 Å². The van der Waals surface area contributed by atoms with E-state index < -0.39 is 5.91 Å². The summed E-state index contributed by atoms with van der Waals surface area (Å²) in [5.74, 6) is 1.10. The average molecular weight is 314 g/mol. The van der Waals surface area contributed by atoms with Crippen LogP contribution in [0.4, 0.5) is 0 Å². The molecule has 1 fully saturated rings. The summed E-state index contributed by atoms with van der Waals surface area (Å²) in [6.07, 6.45) is 7.61. The Morgan fingerprint density at radius 3 is 2.70 bits per heavy atom. The Kier molecular flexibility index (Phi) is 4.90. The van der Waals surface area contributed by atoms with Gasteiger partial charge in [0.15, 0.2) is 0 Å². The summed E-state index contributed by atoms with van der Waals surface area (Å²) in [5, 5.41) is 3.49. The van der Waals surface area contributed by atoms with Crippen molar-refractivity contribution in [1.82, 2.24) is 10.1 Å². The topological polar surface area (TPSA) is 91.2 Å². The summed E-state index contributed by atoms with van der Waals surface area (Å²) in [4.78, 5) is 14.8. The number of primary amides is 1. The van der Waals surface area contributed by atoms with Crippen LogP contribution in [0, 0.1) is 12.3 Å². The van der Waals surface area contributed by atoms with Crippen LogP contribution < -0.4 is 10.5 Å². The molecule has 1 saturated carbocycles. The van der Waals surface area contributed by atoms with E-state index in [1.54, 1.807) is 6.42 Å². The van der Waals surface area contributed by atoms with Crippen molar-refractivity contribution in [1.29, 1.82) is 0 Å². The lowest BCUT2D eigenvalue weighted by Crippen LogP contribution is -2.12. The van der Waals surface area contributed by atoms with Gasteiger partial charge in [-0.15, -0.1) is 0 Å². The van der Waals surface area contributed by atoms with Crippen molar-refractivity contribution in [3.8, 4) is 5.75 Å². The monoisotopic (exact) mass is 314 g/mol. The van der Waals surface area contributed by atoms with Gasteiger partial charge in [0.2, 0.25) is 5.89 Å². The van der Waals surface area contributed by atoms with Gasteiger partial charge in [0, 0.05) is 0 Å². The highest BCUT2D eigenvalue weighted by atomic mass is 16.5. The van der Waals surface area contributed by atoms with Crippen LogP contribution in [0.1, 0.15) is 47.8 Å². The minimum Gasteiger partial charge on any atom is -0.493 e. The van der Waals surface area contributed by atoms with E-state index in [0.29, 0.717) is 18.2 Å². The molecule has 1 heterocycles. The van der Waals surface area contributed by atoms with Crippen LogP contribution in [0.5, 0.6) is 5.75 Å². The van der Waals surface area contributed by atoms with Crippen molar-refractivity contribution in [3.05, 3.63) is 48.0 Å². The van der Waals surface area contributed by atoms with Crippen molar-refractivity contribution in [3.63, 3.8) is 0 Å². The van der Waals surface area contributed by atoms with Gasteiger partial charge in [0.1, 0.15) is 5.75 Å². The number of carbonyl (C=O) groups is 1. The zero-order valence-corrected chi connectivity index (χ0v) is 12.9. The van der Waals surface area contributed by atoms with Crippen molar-refractivity contribution in [2.45, 2.75) is 32.1 Å². The molecule has 1 aliphatic rings. The van der Waals surface area contributed by atoms with Crippen LogP contribution in [-0.2, 0) is 6.42 Å². The number of rotatable bonds is 7. The molecular weight excluding hydrogens is 294 g/mol. The lowest BCUT2D eigenvalue weighted by Gasteiger charge is -2.11. The van der Waals surface area contributed by atoms with E-state index in [9.17, 15) is 4.79 Å². The van der Waals surface area contributed by atoms with E-state index in [0.717, 1.165) is 17.9 Å². The summed E-state index contributed by atoms with van der Waals surface area (Å²) in [6.45, 7) is 0.809. The quantitative estimate of drug-likeness (QED) is 0.848. The third kappa shape index (κ3) is 4.31. The number of aromatic nitrogens is 2. The zero-order chi connectivity index (χ0) is 16.1. The molecule has 1 aromatic heterocycles. The Morgan fingerprint density at radius 2 is 2.04 bits per heavy atom. The van der Waals surface area contributed by atoms with Crippen LogP contribution >= 0.6 is 0 Å². The predicted octanol–water partition coefficient (Wildman–Crippen LogP) is 2.53. The normalized spacial score (nSPS) is 15.0. The lowest BCUT2D eigenvalue weighted by molar-refractivity contribution is 0.0987. The van der Waals surface area contributed by atoms with E-state index >= 15 is 0 Å². The number of hydrogen-bond donors (Lipinski definition) is 1. The smallest absolute Gasteiger partial charge is 0.290 e. The Hall–Kier alpha value is -2.37. The van der Waals surface area contributed by atoms with Crippen LogP contribution in [0.25, 0.3) is 0 Å². The molecule has 0 saturated heterocycles. The summed E-state index contributed by atoms with van der Waals surface area (Å²) in [6, 6.07) is 7.96. The van der Waals surface area contributed by atoms with Gasteiger partial charge in [-0.05, 0) is 42.9 Å². The number of nitrogens with two attached hydrogens (primary N) is 1. The largest absolute Gasteiger partial charge is 0.493 e. The molecule has 2 aromatic rings. The van der Waals surface area contributed by atoms with E-state index in [-0.39, 0.29) is 5.82 Å². The fourth-order valence-electron chi connectivity index (χ4n) is 2.74. The van der Waals surface area contributed by atoms with Gasteiger partial charge < -0.3 is 15.0 Å². The number of ether oxygens (including phenoxy) is 1. The molecule has 3 rings (SSSR count). The number of benzene rings is 1. The van der Waals surface area contributed by atoms with Gasteiger partial charge in [-0.3, -0.25) is 4.79 Å². The summed E-state index contributed by atoms with van der Waals surface area (Å²) < 4.78 is 10.8. The Labute approximate surface area is 135 Å². The van der Waals surface area contributed by atoms with Crippen LogP contribution in [0.2, 0.25) is 0 Å². The summed E-state index contributed by atoms with van der Waals surface area (Å²) in [5.41, 5.74) is 6.17. The predicted molar refractivity (Wildman–Crippen MR) is 83.8 cm³/mol. The minimum atomic E-state index is -0.697. The molecule has 1 radical (unpaired) electrons. The fraction of sp³-hybridized carbons (Fsp3) is 0.412. The molecule has 1 aromatic carbocycles. The van der Waals surface area contributed by atoms with Gasteiger partial charge in [-0.2, -0.15) is 4.98 Å². The summed E-state index contributed by atoms with van der Waals surface area (Å²) in [7, 11) is 0. The SMILES string of the molecule is NC(=O)c1noc([CH]Cc2ccc(OCC3CCCC3)cc2)n1. The Bertz CT molecular complexity index is 645. The lowest BCUT2D eigenvalue weighted by atomic mass is 10.1. The maximum atomic E-state index is 10.9. The van der Waals surface area contributed by atoms with E-state index in [2.05, 4.69) is 10.1 Å². The van der Waals surface area contributed by atoms with E-state index in [4.69, 9.17) is 15.0 Å². The molecule has 0 aliphatic heterocycles. The van der Waals surface area contributed by atoms with Crippen LogP contribution in [-0.4, -0.2) is 22.7 Å². The first kappa shape index (κ1) is 15.5. The standard InChI is InChI=1S/C17H20N3O3/c18-16(21)17-19-15(23-20-17)10-7-12-5-8-14(9-6-12)22-11-13-3-1-2-4-13/h5-6,8-10,13H,1-4,7,11H2,(H2,18,21). The number of hydrogen-bond acceptors (Lipinski definition) is 5. The number of nitrogens with zero attached hydrogens (tertiary/aromatic N) is 2. The summed E-state index contributed by atoms with van der Waals surface area (Å²) >= 11 is 0. The average Bonchev–Trinajstić information content (AvgIpc) is 3.23. The second-order valence-electron chi connectivity index (χ2n) is 5.83. The van der Waals surface area contributed by atoms with Gasteiger partial charge in [0.05, 0.1) is 13.0 Å². The van der Waals surface area contributed by atoms with Crippen LogP contribution in [0.15, 0.2) is 28.8 Å². The minimum absolute atomic E-state index is 0.105. The fourth-order valence-corrected chi connectivity index (χ4v) is 2.74. The third-order valence-corrected chi connectivity index (χ3v) is 4.06. The number of amides is 1. The Morgan fingerprint density at radius 1 is 1.30 bits per heavy atom. The first-order valence-electron chi connectivity index (χ1n) is 7.89. The molecule has 0 unspecified atom stereocenters. The highest BCUT2D eigenvalue weighted by Gasteiger charge is 2.15. The van der Waals surface area contributed by atoms with Gasteiger partial charge in [-0.25, -0.2) is 0 Å². The first-order chi connectivity index (χ1) is 11.2. The van der Waals surface area contributed by atoms with Crippen molar-refractivity contribution < 1.29 is 14.1 Å². The van der Waals surface area contributed by atoms with Crippen molar-refractivity contribution in [2.24, 2.45) is 11.7 Å². The maximum absolute atomic E-state index is 10.9. The third-order valence-electron chi connectivity index (χ3n) is 4.06. The molecule has 6 heteroatoms. The van der Waals surface area contributed by atoms with E-state index in [1.165, 1.54) is 25.7 Å². The van der Waals surface area contributed by atoms with E-state index in [1.807, 2.05) is 24.3 Å².